The number of halogens is 1. The molecular formula is C15H16ClN5O2S. The third kappa shape index (κ3) is 2.70. The van der Waals surface area contributed by atoms with Crippen LogP contribution in [0.2, 0.25) is 5.15 Å². The van der Waals surface area contributed by atoms with Crippen LogP contribution in [0, 0.1) is 5.92 Å². The summed E-state index contributed by atoms with van der Waals surface area (Å²) < 4.78 is 31.6. The molecule has 0 saturated carbocycles. The molecule has 126 valence electrons. The summed E-state index contributed by atoms with van der Waals surface area (Å²) in [6.07, 6.45) is 7.11. The van der Waals surface area contributed by atoms with Crippen LogP contribution in [0.1, 0.15) is 12.2 Å². The van der Waals surface area contributed by atoms with E-state index in [2.05, 4.69) is 19.3 Å². The van der Waals surface area contributed by atoms with E-state index in [1.807, 2.05) is 6.20 Å². The Hall–Kier alpha value is -1.90. The normalized spacial score (nSPS) is 18.0. The predicted octanol–water partition coefficient (Wildman–Crippen LogP) is 1.73. The van der Waals surface area contributed by atoms with Gasteiger partial charge < -0.3 is 4.57 Å². The van der Waals surface area contributed by atoms with E-state index in [9.17, 15) is 8.42 Å². The molecule has 4 heterocycles. The Labute approximate surface area is 144 Å². The predicted molar refractivity (Wildman–Crippen MR) is 89.4 cm³/mol. The summed E-state index contributed by atoms with van der Waals surface area (Å²) in [5, 5.41) is -0.0341. The maximum atomic E-state index is 12.7. The number of aromatic nitrogens is 4. The van der Waals surface area contributed by atoms with E-state index in [1.165, 1.54) is 4.40 Å². The molecule has 0 unspecified atom stereocenters. The van der Waals surface area contributed by atoms with E-state index in [0.29, 0.717) is 12.2 Å². The van der Waals surface area contributed by atoms with Crippen molar-refractivity contribution in [3.8, 4) is 0 Å². The van der Waals surface area contributed by atoms with E-state index < -0.39 is 10.0 Å². The molecule has 4 rings (SSSR count). The number of nitrogens with zero attached hydrogens (tertiary/aromatic N) is 4. The largest absolute Gasteiger partial charge is 0.335 e. The molecule has 9 heteroatoms. The standard InChI is InChI=1S/C15H16ClN5O2S/c16-14-15(21-7-2-1-3-13(21)19-14)24(22,23)18-9-11-4-5-12-17-6-8-20(12)10-11/h1-3,6-8,11,18H,4-5,9-10H2/t11-/m1/s1. The molecule has 0 saturated heterocycles. The van der Waals surface area contributed by atoms with Gasteiger partial charge in [0, 0.05) is 38.1 Å². The summed E-state index contributed by atoms with van der Waals surface area (Å²) in [5.41, 5.74) is 0.503. The highest BCUT2D eigenvalue weighted by atomic mass is 35.5. The van der Waals surface area contributed by atoms with Crippen LogP contribution >= 0.6 is 11.6 Å². The zero-order valence-electron chi connectivity index (χ0n) is 12.8. The number of sulfonamides is 1. The highest BCUT2D eigenvalue weighted by molar-refractivity contribution is 7.89. The SMILES string of the molecule is O=S(=O)(NC[C@H]1CCc2nccn2C1)c1c(Cl)nc2ccccn12. The van der Waals surface area contributed by atoms with E-state index in [-0.39, 0.29) is 16.1 Å². The monoisotopic (exact) mass is 365 g/mol. The Morgan fingerprint density at radius 3 is 3.08 bits per heavy atom. The lowest BCUT2D eigenvalue weighted by Gasteiger charge is -2.23. The van der Waals surface area contributed by atoms with Crippen molar-refractivity contribution in [2.75, 3.05) is 6.54 Å². The Morgan fingerprint density at radius 1 is 1.33 bits per heavy atom. The fourth-order valence-corrected chi connectivity index (χ4v) is 4.84. The van der Waals surface area contributed by atoms with Crippen LogP contribution in [0.15, 0.2) is 41.8 Å². The fourth-order valence-electron chi connectivity index (χ4n) is 3.08. The van der Waals surface area contributed by atoms with Crippen molar-refractivity contribution in [1.82, 2.24) is 23.7 Å². The first-order valence-electron chi connectivity index (χ1n) is 7.67. The minimum absolute atomic E-state index is 0.0149. The Balaban J connectivity index is 1.54. The summed E-state index contributed by atoms with van der Waals surface area (Å²) in [7, 11) is -3.74. The molecular weight excluding hydrogens is 350 g/mol. The highest BCUT2D eigenvalue weighted by Crippen LogP contribution is 2.23. The van der Waals surface area contributed by atoms with Crippen molar-refractivity contribution in [2.45, 2.75) is 24.4 Å². The van der Waals surface area contributed by atoms with Gasteiger partial charge in [-0.25, -0.2) is 23.1 Å². The second kappa shape index (κ2) is 5.87. The number of hydrogen-bond acceptors (Lipinski definition) is 4. The van der Waals surface area contributed by atoms with E-state index in [1.54, 1.807) is 30.6 Å². The molecule has 0 radical (unpaired) electrons. The van der Waals surface area contributed by atoms with Crippen LogP contribution in [0.5, 0.6) is 0 Å². The zero-order valence-corrected chi connectivity index (χ0v) is 14.3. The van der Waals surface area contributed by atoms with Gasteiger partial charge in [-0.1, -0.05) is 17.7 Å². The van der Waals surface area contributed by atoms with Crippen molar-refractivity contribution in [2.24, 2.45) is 5.92 Å². The fraction of sp³-hybridized carbons (Fsp3) is 0.333. The molecule has 1 aliphatic heterocycles. The van der Waals surface area contributed by atoms with E-state index >= 15 is 0 Å². The smallest absolute Gasteiger partial charge is 0.259 e. The summed E-state index contributed by atoms with van der Waals surface area (Å²) in [5.74, 6) is 1.28. The summed E-state index contributed by atoms with van der Waals surface area (Å²) in [4.78, 5) is 8.38. The number of aryl methyl sites for hydroxylation is 1. The quantitative estimate of drug-likeness (QED) is 0.763. The second-order valence-corrected chi connectivity index (χ2v) is 7.93. The molecule has 24 heavy (non-hydrogen) atoms. The number of pyridine rings is 1. The van der Waals surface area contributed by atoms with Crippen LogP contribution in [0.4, 0.5) is 0 Å². The molecule has 0 aliphatic carbocycles. The third-order valence-corrected chi connectivity index (χ3v) is 6.12. The zero-order chi connectivity index (χ0) is 16.7. The third-order valence-electron chi connectivity index (χ3n) is 4.30. The molecule has 0 bridgehead atoms. The topological polar surface area (TPSA) is 81.3 Å². The minimum atomic E-state index is -3.74. The van der Waals surface area contributed by atoms with Gasteiger partial charge in [0.05, 0.1) is 0 Å². The molecule has 3 aromatic heterocycles. The Bertz CT molecular complexity index is 994. The lowest BCUT2D eigenvalue weighted by molar-refractivity contribution is 0.363. The molecule has 1 N–H and O–H groups in total. The molecule has 0 aromatic carbocycles. The second-order valence-electron chi connectivity index (χ2n) is 5.89. The first-order valence-corrected chi connectivity index (χ1v) is 9.53. The first-order chi connectivity index (χ1) is 11.5. The summed E-state index contributed by atoms with van der Waals surface area (Å²) in [6, 6.07) is 5.24. The number of hydrogen-bond donors (Lipinski definition) is 1. The van der Waals surface area contributed by atoms with Crippen molar-refractivity contribution >= 4 is 27.3 Å². The van der Waals surface area contributed by atoms with Gasteiger partial charge in [0.2, 0.25) is 0 Å². The van der Waals surface area contributed by atoms with Crippen LogP contribution in [-0.4, -0.2) is 33.9 Å². The summed E-state index contributed by atoms with van der Waals surface area (Å²) >= 11 is 6.06. The molecule has 3 aromatic rings. The van der Waals surface area contributed by atoms with E-state index in [0.717, 1.165) is 25.2 Å². The number of rotatable bonds is 4. The van der Waals surface area contributed by atoms with Crippen molar-refractivity contribution < 1.29 is 8.42 Å². The van der Waals surface area contributed by atoms with Gasteiger partial charge in [0.1, 0.15) is 11.5 Å². The average molecular weight is 366 g/mol. The van der Waals surface area contributed by atoms with Gasteiger partial charge in [-0.2, -0.15) is 0 Å². The Kier molecular flexibility index (Phi) is 3.82. The number of imidazole rings is 2. The molecule has 7 nitrogen and oxygen atoms in total. The molecule has 0 amide bonds. The molecule has 1 atom stereocenters. The van der Waals surface area contributed by atoms with Gasteiger partial charge in [-0.05, 0) is 24.5 Å². The number of fused-ring (bicyclic) bond motifs is 2. The van der Waals surface area contributed by atoms with Crippen molar-refractivity contribution in [3.05, 3.63) is 47.8 Å². The van der Waals surface area contributed by atoms with Gasteiger partial charge in [-0.3, -0.25) is 4.40 Å². The van der Waals surface area contributed by atoms with Crippen molar-refractivity contribution in [3.63, 3.8) is 0 Å². The average Bonchev–Trinajstić information content (AvgIpc) is 3.15. The minimum Gasteiger partial charge on any atom is -0.335 e. The van der Waals surface area contributed by atoms with Gasteiger partial charge in [-0.15, -0.1) is 0 Å². The Morgan fingerprint density at radius 2 is 2.21 bits per heavy atom. The van der Waals surface area contributed by atoms with E-state index in [4.69, 9.17) is 11.6 Å². The van der Waals surface area contributed by atoms with Crippen LogP contribution < -0.4 is 4.72 Å². The highest BCUT2D eigenvalue weighted by Gasteiger charge is 2.26. The van der Waals surface area contributed by atoms with Crippen LogP contribution in [0.3, 0.4) is 0 Å². The molecule has 0 spiro atoms. The van der Waals surface area contributed by atoms with Gasteiger partial charge in [0.15, 0.2) is 10.2 Å². The van der Waals surface area contributed by atoms with Gasteiger partial charge >= 0.3 is 0 Å². The van der Waals surface area contributed by atoms with Crippen molar-refractivity contribution in [1.29, 1.82) is 0 Å². The molecule has 1 aliphatic rings. The van der Waals surface area contributed by atoms with Gasteiger partial charge in [0.25, 0.3) is 10.0 Å². The van der Waals surface area contributed by atoms with Crippen LogP contribution in [0.25, 0.3) is 5.65 Å². The lowest BCUT2D eigenvalue weighted by Crippen LogP contribution is -2.34. The number of nitrogens with one attached hydrogen (secondary N) is 1. The first kappa shape index (κ1) is 15.6. The van der Waals surface area contributed by atoms with Crippen LogP contribution in [-0.2, 0) is 23.0 Å². The molecule has 0 fully saturated rings. The maximum Gasteiger partial charge on any atom is 0.259 e. The maximum absolute atomic E-state index is 12.7. The summed E-state index contributed by atoms with van der Waals surface area (Å²) in [6.45, 7) is 1.12. The lowest BCUT2D eigenvalue weighted by atomic mass is 10.00.